The summed E-state index contributed by atoms with van der Waals surface area (Å²) in [5.41, 5.74) is 1.93. The monoisotopic (exact) mass is 538 g/mol. The second-order valence-electron chi connectivity index (χ2n) is 8.97. The zero-order valence-electron chi connectivity index (χ0n) is 19.6. The lowest BCUT2D eigenvalue weighted by Crippen LogP contribution is -2.81. The van der Waals surface area contributed by atoms with Gasteiger partial charge in [0.2, 0.25) is 0 Å². The molecule has 2 amide bonds. The fourth-order valence-corrected chi connectivity index (χ4v) is 5.12. The number of carbonyl (C=O) groups is 3. The first-order valence-electron chi connectivity index (χ1n) is 11.8. The molecule has 3 aromatic carbocycles. The molecule has 1 N–H and O–H groups in total. The van der Waals surface area contributed by atoms with E-state index < -0.39 is 47.1 Å². The van der Waals surface area contributed by atoms with Gasteiger partial charge in [0, 0.05) is 11.4 Å². The van der Waals surface area contributed by atoms with Gasteiger partial charge < -0.3 is 14.8 Å². The van der Waals surface area contributed by atoms with Crippen molar-refractivity contribution in [1.82, 2.24) is 10.2 Å². The summed E-state index contributed by atoms with van der Waals surface area (Å²) in [5.74, 6) is -1.78. The minimum atomic E-state index is -1.41. The highest BCUT2D eigenvalue weighted by Gasteiger charge is 2.63. The fourth-order valence-electron chi connectivity index (χ4n) is 4.64. The maximum absolute atomic E-state index is 13.7. The van der Waals surface area contributed by atoms with Crippen LogP contribution in [0, 0.1) is 0 Å². The average molecular weight is 539 g/mol. The summed E-state index contributed by atoms with van der Waals surface area (Å²) in [6, 6.07) is 25.0. The minimum Gasteiger partial charge on any atom is -0.451 e. The van der Waals surface area contributed by atoms with Crippen molar-refractivity contribution in [3.63, 3.8) is 0 Å². The van der Waals surface area contributed by atoms with E-state index in [1.54, 1.807) is 30.3 Å². The molecule has 2 aliphatic heterocycles. The number of nitrogens with zero attached hydrogens (tertiary/aromatic N) is 1. The second-order valence-corrected chi connectivity index (χ2v) is 9.99. The Hall–Kier alpha value is -3.39. The average Bonchev–Trinajstić information content (AvgIpc) is 2.95. The number of fused-ring (bicyclic) bond motifs is 1. The minimum absolute atomic E-state index is 0.106. The van der Waals surface area contributed by atoms with Crippen LogP contribution in [0.15, 0.2) is 91.0 Å². The Morgan fingerprint density at radius 1 is 0.973 bits per heavy atom. The molecule has 2 fully saturated rings. The Labute approximate surface area is 224 Å². The van der Waals surface area contributed by atoms with Crippen molar-refractivity contribution in [2.24, 2.45) is 0 Å². The Bertz CT molecular complexity index is 1240. The molecule has 5 rings (SSSR count). The summed E-state index contributed by atoms with van der Waals surface area (Å²) in [6.07, 6.45) is -1.60. The van der Waals surface area contributed by atoms with E-state index in [0.29, 0.717) is 5.56 Å². The van der Waals surface area contributed by atoms with E-state index in [-0.39, 0.29) is 12.5 Å². The molecule has 190 valence electrons. The third kappa shape index (κ3) is 4.82. The zero-order chi connectivity index (χ0) is 26.0. The first kappa shape index (κ1) is 25.3. The molecule has 0 spiro atoms. The van der Waals surface area contributed by atoms with E-state index in [1.165, 1.54) is 4.90 Å². The molecule has 3 aromatic rings. The van der Waals surface area contributed by atoms with Crippen molar-refractivity contribution in [3.05, 3.63) is 108 Å². The molecule has 0 aromatic heterocycles. The molecule has 2 saturated heterocycles. The van der Waals surface area contributed by atoms with Gasteiger partial charge in [-0.2, -0.15) is 0 Å². The van der Waals surface area contributed by atoms with E-state index in [2.05, 4.69) is 5.32 Å². The second kappa shape index (κ2) is 10.5. The summed E-state index contributed by atoms with van der Waals surface area (Å²) in [6.45, 7) is -0.106. The van der Waals surface area contributed by atoms with Crippen LogP contribution in [-0.4, -0.2) is 58.4 Å². The number of ether oxygens (including phenoxy) is 2. The molecule has 7 nitrogen and oxygen atoms in total. The number of hydrogen-bond acceptors (Lipinski definition) is 5. The number of nitrogens with one attached hydrogen (secondary N) is 1. The highest BCUT2D eigenvalue weighted by molar-refractivity contribution is 6.32. The van der Waals surface area contributed by atoms with Crippen LogP contribution in [-0.2, 0) is 19.1 Å². The molecular formula is C28H24Cl2N2O5. The number of amides is 2. The molecule has 2 heterocycles. The molecular weight excluding hydrogens is 515 g/mol. The van der Waals surface area contributed by atoms with E-state index in [4.69, 9.17) is 32.7 Å². The van der Waals surface area contributed by atoms with Crippen molar-refractivity contribution >= 4 is 41.0 Å². The number of rotatable bonds is 7. The quantitative estimate of drug-likeness (QED) is 0.280. The first-order chi connectivity index (χ1) is 17.9. The van der Waals surface area contributed by atoms with Gasteiger partial charge in [-0.1, -0.05) is 78.9 Å². The number of halogens is 2. The van der Waals surface area contributed by atoms with Crippen LogP contribution in [0.3, 0.4) is 0 Å². The molecule has 37 heavy (non-hydrogen) atoms. The topological polar surface area (TPSA) is 84.9 Å². The number of benzene rings is 3. The molecule has 0 saturated carbocycles. The van der Waals surface area contributed by atoms with E-state index in [1.807, 2.05) is 60.7 Å². The Balaban J connectivity index is 1.39. The SMILES string of the molecule is O=C(N[C@H]1C(=O)N2[C@@H]1OC[C@](Cl)(CCl)[C@@H]2C(=O)OC(c1ccccc1)c1ccccc1)c1ccccc1. The van der Waals surface area contributed by atoms with Gasteiger partial charge in [0.25, 0.3) is 11.8 Å². The molecule has 0 radical (unpaired) electrons. The van der Waals surface area contributed by atoms with E-state index in [0.717, 1.165) is 11.1 Å². The predicted octanol–water partition coefficient (Wildman–Crippen LogP) is 3.90. The largest absolute Gasteiger partial charge is 0.451 e. The lowest BCUT2D eigenvalue weighted by Gasteiger charge is -2.56. The van der Waals surface area contributed by atoms with Gasteiger partial charge in [0.05, 0.1) is 6.61 Å². The van der Waals surface area contributed by atoms with E-state index >= 15 is 0 Å². The van der Waals surface area contributed by atoms with Crippen molar-refractivity contribution in [2.45, 2.75) is 29.3 Å². The van der Waals surface area contributed by atoms with Crippen molar-refractivity contribution < 1.29 is 23.9 Å². The molecule has 0 aliphatic carbocycles. The summed E-state index contributed by atoms with van der Waals surface area (Å²) in [7, 11) is 0. The van der Waals surface area contributed by atoms with Gasteiger partial charge in [-0.3, -0.25) is 14.5 Å². The summed E-state index contributed by atoms with van der Waals surface area (Å²) in [5, 5.41) is 2.70. The van der Waals surface area contributed by atoms with Crippen LogP contribution in [0.25, 0.3) is 0 Å². The molecule has 0 unspecified atom stereocenters. The predicted molar refractivity (Wildman–Crippen MR) is 138 cm³/mol. The lowest BCUT2D eigenvalue weighted by atomic mass is 9.89. The summed E-state index contributed by atoms with van der Waals surface area (Å²) >= 11 is 13.0. The maximum Gasteiger partial charge on any atom is 0.331 e. The summed E-state index contributed by atoms with van der Waals surface area (Å²) in [4.78, 5) is 39.4. The van der Waals surface area contributed by atoms with E-state index in [9.17, 15) is 14.4 Å². The van der Waals surface area contributed by atoms with Crippen molar-refractivity contribution in [3.8, 4) is 0 Å². The third-order valence-electron chi connectivity index (χ3n) is 6.55. The van der Waals surface area contributed by atoms with Gasteiger partial charge >= 0.3 is 5.97 Å². The lowest BCUT2D eigenvalue weighted by molar-refractivity contribution is -0.220. The number of alkyl halides is 2. The fraction of sp³-hybridized carbons (Fsp3) is 0.250. The molecule has 9 heteroatoms. The van der Waals surface area contributed by atoms with Crippen LogP contribution < -0.4 is 5.32 Å². The Kier molecular flexibility index (Phi) is 7.20. The highest BCUT2D eigenvalue weighted by Crippen LogP contribution is 2.41. The van der Waals surface area contributed by atoms with Crippen LogP contribution in [0.4, 0.5) is 0 Å². The smallest absolute Gasteiger partial charge is 0.331 e. The van der Waals surface area contributed by atoms with Gasteiger partial charge in [0.15, 0.2) is 24.4 Å². The molecule has 2 aliphatic rings. The van der Waals surface area contributed by atoms with Gasteiger partial charge in [-0.05, 0) is 23.3 Å². The number of carbonyl (C=O) groups excluding carboxylic acids is 3. The van der Waals surface area contributed by atoms with Crippen LogP contribution in [0.2, 0.25) is 0 Å². The standard InChI is InChI=1S/C28H24Cl2N2O5/c29-16-28(30)17-36-26-21(31-24(33)20-14-8-3-9-15-20)25(34)32(26)23(28)27(35)37-22(18-10-4-1-5-11-18)19-12-6-2-7-13-19/h1-15,21-23,26H,16-17H2,(H,31,33)/t21-,23-,26+,28+/m0/s1. The third-order valence-corrected chi connectivity index (χ3v) is 7.61. The van der Waals surface area contributed by atoms with Crippen LogP contribution in [0.5, 0.6) is 0 Å². The van der Waals surface area contributed by atoms with Gasteiger partial charge in [0.1, 0.15) is 4.87 Å². The van der Waals surface area contributed by atoms with Gasteiger partial charge in [-0.25, -0.2) is 4.79 Å². The van der Waals surface area contributed by atoms with Crippen molar-refractivity contribution in [2.75, 3.05) is 12.5 Å². The zero-order valence-corrected chi connectivity index (χ0v) is 21.1. The van der Waals surface area contributed by atoms with Crippen LogP contribution in [0.1, 0.15) is 27.6 Å². The van der Waals surface area contributed by atoms with Gasteiger partial charge in [-0.15, -0.1) is 23.2 Å². The van der Waals surface area contributed by atoms with Crippen LogP contribution >= 0.6 is 23.2 Å². The summed E-state index contributed by atoms with van der Waals surface area (Å²) < 4.78 is 11.9. The Morgan fingerprint density at radius 2 is 1.51 bits per heavy atom. The normalized spacial score (nSPS) is 24.7. The van der Waals surface area contributed by atoms with Crippen molar-refractivity contribution in [1.29, 1.82) is 0 Å². The maximum atomic E-state index is 13.7. The number of hydrogen-bond donors (Lipinski definition) is 1. The first-order valence-corrected chi connectivity index (χ1v) is 12.7. The molecule has 4 atom stereocenters. The number of β-lactam (4-membered cyclic amide) rings is 1. The Morgan fingerprint density at radius 3 is 2.05 bits per heavy atom. The highest BCUT2D eigenvalue weighted by atomic mass is 35.5. The molecule has 0 bridgehead atoms. The number of esters is 1.